The Hall–Kier alpha value is -1.72. The molecule has 0 radical (unpaired) electrons. The summed E-state index contributed by atoms with van der Waals surface area (Å²) in [6.07, 6.45) is 3.52. The molecule has 116 valence electrons. The van der Waals surface area contributed by atoms with Crippen LogP contribution in [0.4, 0.5) is 0 Å². The lowest BCUT2D eigenvalue weighted by Gasteiger charge is -2.24. The fraction of sp³-hybridized carbons (Fsp3) is 0.353. The molecule has 0 aliphatic carbocycles. The smallest absolute Gasteiger partial charge is 0.243 e. The van der Waals surface area contributed by atoms with Gasteiger partial charge in [-0.05, 0) is 50.5 Å². The summed E-state index contributed by atoms with van der Waals surface area (Å²) in [5.74, 6) is 0. The standard InChI is InChI=1S/C17H20N2O2S/c1-13-5-9-16(10-6-13)22(20,21)19-11-3-4-17(19)15-8-7-14(2)18-12-15/h5-10,12,17H,3-4,11H2,1-2H3. The zero-order chi connectivity index (χ0) is 15.7. The summed E-state index contributed by atoms with van der Waals surface area (Å²) in [4.78, 5) is 4.67. The van der Waals surface area contributed by atoms with Gasteiger partial charge < -0.3 is 0 Å². The van der Waals surface area contributed by atoms with E-state index in [1.165, 1.54) is 0 Å². The molecule has 1 unspecified atom stereocenters. The van der Waals surface area contributed by atoms with Gasteiger partial charge in [-0.25, -0.2) is 8.42 Å². The Balaban J connectivity index is 1.95. The molecule has 0 spiro atoms. The molecule has 1 fully saturated rings. The van der Waals surface area contributed by atoms with Gasteiger partial charge in [-0.1, -0.05) is 23.8 Å². The Kier molecular flexibility index (Phi) is 4.02. The average molecular weight is 316 g/mol. The number of aryl methyl sites for hydroxylation is 2. The van der Waals surface area contributed by atoms with Crippen molar-refractivity contribution in [2.45, 2.75) is 37.6 Å². The van der Waals surface area contributed by atoms with E-state index in [1.54, 1.807) is 22.6 Å². The van der Waals surface area contributed by atoms with Gasteiger partial charge in [-0.15, -0.1) is 0 Å². The molecule has 1 atom stereocenters. The maximum atomic E-state index is 12.9. The van der Waals surface area contributed by atoms with E-state index in [0.29, 0.717) is 11.4 Å². The van der Waals surface area contributed by atoms with Gasteiger partial charge in [-0.2, -0.15) is 4.31 Å². The van der Waals surface area contributed by atoms with Crippen molar-refractivity contribution in [1.29, 1.82) is 0 Å². The molecule has 1 aliphatic rings. The highest BCUT2D eigenvalue weighted by Crippen LogP contribution is 2.36. The third-order valence-corrected chi connectivity index (χ3v) is 6.07. The molecular formula is C17H20N2O2S. The van der Waals surface area contributed by atoms with E-state index in [-0.39, 0.29) is 6.04 Å². The molecule has 1 aliphatic heterocycles. The largest absolute Gasteiger partial charge is 0.261 e. The first kappa shape index (κ1) is 15.2. The van der Waals surface area contributed by atoms with Gasteiger partial charge in [0, 0.05) is 18.4 Å². The lowest BCUT2D eigenvalue weighted by molar-refractivity contribution is 0.396. The van der Waals surface area contributed by atoms with Gasteiger partial charge in [-0.3, -0.25) is 4.98 Å². The number of benzene rings is 1. The fourth-order valence-corrected chi connectivity index (χ4v) is 4.57. The number of sulfonamides is 1. The summed E-state index contributed by atoms with van der Waals surface area (Å²) in [7, 11) is -3.46. The summed E-state index contributed by atoms with van der Waals surface area (Å²) in [6, 6.07) is 10.9. The number of hydrogen-bond donors (Lipinski definition) is 0. The van der Waals surface area contributed by atoms with Crippen LogP contribution in [0.25, 0.3) is 0 Å². The van der Waals surface area contributed by atoms with Crippen LogP contribution in [-0.4, -0.2) is 24.3 Å². The minimum absolute atomic E-state index is 0.112. The molecule has 0 N–H and O–H groups in total. The minimum Gasteiger partial charge on any atom is -0.261 e. The highest BCUT2D eigenvalue weighted by Gasteiger charge is 2.36. The van der Waals surface area contributed by atoms with E-state index in [0.717, 1.165) is 29.7 Å². The first-order valence-corrected chi connectivity index (χ1v) is 8.93. The average Bonchev–Trinajstić information content (AvgIpc) is 2.99. The molecule has 4 nitrogen and oxygen atoms in total. The molecule has 2 aromatic rings. The van der Waals surface area contributed by atoms with E-state index in [9.17, 15) is 8.42 Å². The van der Waals surface area contributed by atoms with Gasteiger partial charge in [0.2, 0.25) is 10.0 Å². The van der Waals surface area contributed by atoms with Crippen molar-refractivity contribution in [2.24, 2.45) is 0 Å². The van der Waals surface area contributed by atoms with Crippen LogP contribution in [-0.2, 0) is 10.0 Å². The van der Waals surface area contributed by atoms with Gasteiger partial charge in [0.05, 0.1) is 10.9 Å². The van der Waals surface area contributed by atoms with Gasteiger partial charge >= 0.3 is 0 Å². The molecule has 2 heterocycles. The van der Waals surface area contributed by atoms with Crippen LogP contribution in [0.2, 0.25) is 0 Å². The van der Waals surface area contributed by atoms with Crippen LogP contribution in [0.1, 0.15) is 35.7 Å². The molecule has 0 bridgehead atoms. The van der Waals surface area contributed by atoms with Crippen molar-refractivity contribution in [2.75, 3.05) is 6.54 Å². The van der Waals surface area contributed by atoms with E-state index in [2.05, 4.69) is 4.98 Å². The Morgan fingerprint density at radius 2 is 1.82 bits per heavy atom. The van der Waals surface area contributed by atoms with E-state index >= 15 is 0 Å². The lowest BCUT2D eigenvalue weighted by atomic mass is 10.1. The Labute approximate surface area is 131 Å². The maximum Gasteiger partial charge on any atom is 0.243 e. The van der Waals surface area contributed by atoms with Crippen molar-refractivity contribution in [3.8, 4) is 0 Å². The molecule has 22 heavy (non-hydrogen) atoms. The molecule has 3 rings (SSSR count). The van der Waals surface area contributed by atoms with Crippen molar-refractivity contribution in [1.82, 2.24) is 9.29 Å². The zero-order valence-electron chi connectivity index (χ0n) is 12.9. The molecule has 0 saturated carbocycles. The van der Waals surface area contributed by atoms with Crippen LogP contribution in [0.3, 0.4) is 0 Å². The van der Waals surface area contributed by atoms with Gasteiger partial charge in [0.15, 0.2) is 0 Å². The molecule has 1 saturated heterocycles. The maximum absolute atomic E-state index is 12.9. The zero-order valence-corrected chi connectivity index (χ0v) is 13.7. The summed E-state index contributed by atoms with van der Waals surface area (Å²) in [5.41, 5.74) is 2.97. The predicted molar refractivity (Wildman–Crippen MR) is 86.0 cm³/mol. The van der Waals surface area contributed by atoms with Crippen LogP contribution < -0.4 is 0 Å². The minimum atomic E-state index is -3.46. The second kappa shape index (κ2) is 5.82. The fourth-order valence-electron chi connectivity index (χ4n) is 2.88. The quantitative estimate of drug-likeness (QED) is 0.873. The SMILES string of the molecule is Cc1ccc(S(=O)(=O)N2CCCC2c2ccc(C)nc2)cc1. The lowest BCUT2D eigenvalue weighted by Crippen LogP contribution is -2.30. The number of nitrogens with zero attached hydrogens (tertiary/aromatic N) is 2. The summed E-state index contributed by atoms with van der Waals surface area (Å²) < 4.78 is 27.4. The Bertz CT molecular complexity index is 752. The molecule has 5 heteroatoms. The number of hydrogen-bond acceptors (Lipinski definition) is 3. The van der Waals surface area contributed by atoms with Crippen LogP contribution in [0.5, 0.6) is 0 Å². The van der Waals surface area contributed by atoms with E-state index in [1.807, 2.05) is 38.1 Å². The number of aromatic nitrogens is 1. The highest BCUT2D eigenvalue weighted by molar-refractivity contribution is 7.89. The van der Waals surface area contributed by atoms with Crippen LogP contribution >= 0.6 is 0 Å². The third kappa shape index (κ3) is 2.78. The second-order valence-electron chi connectivity index (χ2n) is 5.82. The highest BCUT2D eigenvalue weighted by atomic mass is 32.2. The third-order valence-electron chi connectivity index (χ3n) is 4.15. The molecule has 1 aromatic carbocycles. The summed E-state index contributed by atoms with van der Waals surface area (Å²) in [6.45, 7) is 4.45. The van der Waals surface area contributed by atoms with E-state index < -0.39 is 10.0 Å². The Morgan fingerprint density at radius 1 is 1.09 bits per heavy atom. The molecule has 0 amide bonds. The summed E-state index contributed by atoms with van der Waals surface area (Å²) in [5, 5.41) is 0. The Morgan fingerprint density at radius 3 is 2.45 bits per heavy atom. The topological polar surface area (TPSA) is 50.3 Å². The molecule has 1 aromatic heterocycles. The van der Waals surface area contributed by atoms with Gasteiger partial charge in [0.25, 0.3) is 0 Å². The first-order valence-electron chi connectivity index (χ1n) is 7.49. The number of pyridine rings is 1. The van der Waals surface area contributed by atoms with Crippen LogP contribution in [0, 0.1) is 13.8 Å². The normalized spacial score (nSPS) is 19.5. The van der Waals surface area contributed by atoms with Crippen molar-refractivity contribution < 1.29 is 8.42 Å². The first-order chi connectivity index (χ1) is 10.5. The van der Waals surface area contributed by atoms with Crippen molar-refractivity contribution in [3.05, 3.63) is 59.4 Å². The van der Waals surface area contributed by atoms with Crippen LogP contribution in [0.15, 0.2) is 47.5 Å². The molecular weight excluding hydrogens is 296 g/mol. The second-order valence-corrected chi connectivity index (χ2v) is 7.71. The number of rotatable bonds is 3. The van der Waals surface area contributed by atoms with E-state index in [4.69, 9.17) is 0 Å². The summed E-state index contributed by atoms with van der Waals surface area (Å²) >= 11 is 0. The van der Waals surface area contributed by atoms with Crippen molar-refractivity contribution in [3.63, 3.8) is 0 Å². The van der Waals surface area contributed by atoms with Gasteiger partial charge in [0.1, 0.15) is 0 Å². The monoisotopic (exact) mass is 316 g/mol. The predicted octanol–water partition coefficient (Wildman–Crippen LogP) is 3.22. The van der Waals surface area contributed by atoms with Crippen molar-refractivity contribution >= 4 is 10.0 Å².